The molecule has 0 fully saturated rings. The van der Waals surface area contributed by atoms with E-state index in [4.69, 9.17) is 4.74 Å². The molecule has 1 aromatic carbocycles. The van der Waals surface area contributed by atoms with Crippen molar-refractivity contribution in [3.8, 4) is 5.75 Å². The highest BCUT2D eigenvalue weighted by Crippen LogP contribution is 2.25. The van der Waals surface area contributed by atoms with Crippen molar-refractivity contribution in [3.63, 3.8) is 0 Å². The summed E-state index contributed by atoms with van der Waals surface area (Å²) in [6, 6.07) is 7.46. The molecule has 0 aliphatic heterocycles. The molecule has 7 heteroatoms. The number of carbonyl (C=O) groups excluding carboxylic acids is 1. The van der Waals surface area contributed by atoms with E-state index in [1.54, 1.807) is 27.9 Å². The molecule has 0 radical (unpaired) electrons. The molecule has 0 aromatic heterocycles. The second-order valence-electron chi connectivity index (χ2n) is 8.47. The molecular formula is C19H32N2O4S. The standard InChI is InChI=1S/C19H32N2O4S/c1-18(2,3)16(21-14-9-8-10-15(11-14)25-7)12-20-17(22)13-26(23,24)19(4,5)6/h8-11,16,21H,12-13H2,1-7H3,(H,20,22). The number of anilines is 1. The summed E-state index contributed by atoms with van der Waals surface area (Å²) in [4.78, 5) is 12.2. The zero-order valence-electron chi connectivity index (χ0n) is 16.8. The van der Waals surface area contributed by atoms with Crippen LogP contribution in [0.15, 0.2) is 24.3 Å². The molecule has 1 atom stereocenters. The lowest BCUT2D eigenvalue weighted by molar-refractivity contribution is -0.118. The van der Waals surface area contributed by atoms with Crippen LogP contribution in [-0.2, 0) is 14.6 Å². The Kier molecular flexibility index (Phi) is 7.10. The van der Waals surface area contributed by atoms with Gasteiger partial charge >= 0.3 is 0 Å². The largest absolute Gasteiger partial charge is 0.497 e. The smallest absolute Gasteiger partial charge is 0.235 e. The van der Waals surface area contributed by atoms with Gasteiger partial charge in [-0.2, -0.15) is 0 Å². The van der Waals surface area contributed by atoms with Gasteiger partial charge in [0, 0.05) is 24.3 Å². The second kappa shape index (κ2) is 8.29. The van der Waals surface area contributed by atoms with Crippen molar-refractivity contribution in [2.45, 2.75) is 52.3 Å². The van der Waals surface area contributed by atoms with E-state index in [9.17, 15) is 13.2 Å². The number of carbonyl (C=O) groups is 1. The van der Waals surface area contributed by atoms with E-state index in [-0.39, 0.29) is 11.5 Å². The monoisotopic (exact) mass is 384 g/mol. The van der Waals surface area contributed by atoms with Crippen molar-refractivity contribution in [2.75, 3.05) is 24.7 Å². The molecule has 0 heterocycles. The van der Waals surface area contributed by atoms with Crippen LogP contribution in [0.1, 0.15) is 41.5 Å². The number of hydrogen-bond donors (Lipinski definition) is 2. The van der Waals surface area contributed by atoms with Crippen LogP contribution in [0.4, 0.5) is 5.69 Å². The number of benzene rings is 1. The molecule has 0 aliphatic carbocycles. The summed E-state index contributed by atoms with van der Waals surface area (Å²) in [6.45, 7) is 11.3. The van der Waals surface area contributed by atoms with Crippen molar-refractivity contribution in [2.24, 2.45) is 5.41 Å². The van der Waals surface area contributed by atoms with Crippen LogP contribution in [0.2, 0.25) is 0 Å². The fraction of sp³-hybridized carbons (Fsp3) is 0.632. The summed E-state index contributed by atoms with van der Waals surface area (Å²) in [5.41, 5.74) is 0.722. The maximum atomic E-state index is 12.2. The molecule has 1 rings (SSSR count). The predicted octanol–water partition coefficient (Wildman–Crippen LogP) is 2.85. The Balaban J connectivity index is 2.79. The van der Waals surface area contributed by atoms with E-state index >= 15 is 0 Å². The lowest BCUT2D eigenvalue weighted by Crippen LogP contribution is -2.46. The first-order chi connectivity index (χ1) is 11.8. The maximum absolute atomic E-state index is 12.2. The van der Waals surface area contributed by atoms with E-state index in [2.05, 4.69) is 31.4 Å². The lowest BCUT2D eigenvalue weighted by atomic mass is 9.86. The first kappa shape index (κ1) is 22.3. The number of rotatable bonds is 7. The summed E-state index contributed by atoms with van der Waals surface area (Å²) in [5.74, 6) is -0.253. The minimum atomic E-state index is -3.50. The number of methoxy groups -OCH3 is 1. The summed E-state index contributed by atoms with van der Waals surface area (Å²) in [6.07, 6.45) is 0. The first-order valence-corrected chi connectivity index (χ1v) is 10.3. The molecule has 1 aromatic rings. The summed E-state index contributed by atoms with van der Waals surface area (Å²) in [7, 11) is -1.89. The molecule has 0 aliphatic rings. The van der Waals surface area contributed by atoms with Gasteiger partial charge in [-0.15, -0.1) is 0 Å². The summed E-state index contributed by atoms with van der Waals surface area (Å²) in [5, 5.41) is 6.15. The van der Waals surface area contributed by atoms with Crippen LogP contribution in [0.5, 0.6) is 5.75 Å². The van der Waals surface area contributed by atoms with Gasteiger partial charge in [-0.3, -0.25) is 4.79 Å². The van der Waals surface area contributed by atoms with Gasteiger partial charge in [0.15, 0.2) is 9.84 Å². The van der Waals surface area contributed by atoms with Gasteiger partial charge in [-0.05, 0) is 38.3 Å². The number of hydrogen-bond acceptors (Lipinski definition) is 5. The Morgan fingerprint density at radius 2 is 1.77 bits per heavy atom. The third-order valence-corrected chi connectivity index (χ3v) is 6.72. The second-order valence-corrected chi connectivity index (χ2v) is 11.2. The SMILES string of the molecule is COc1cccc(NC(CNC(=O)CS(=O)(=O)C(C)(C)C)C(C)(C)C)c1. The topological polar surface area (TPSA) is 84.5 Å². The Labute approximate surface area is 157 Å². The molecule has 148 valence electrons. The molecule has 0 bridgehead atoms. The normalized spacial score (nSPS) is 13.8. The van der Waals surface area contributed by atoms with Crippen LogP contribution >= 0.6 is 0 Å². The van der Waals surface area contributed by atoms with Crippen LogP contribution in [0, 0.1) is 5.41 Å². The van der Waals surface area contributed by atoms with E-state index in [1.165, 1.54) is 0 Å². The van der Waals surface area contributed by atoms with Crippen molar-refractivity contribution in [3.05, 3.63) is 24.3 Å². The highest BCUT2D eigenvalue weighted by molar-refractivity contribution is 7.93. The molecular weight excluding hydrogens is 352 g/mol. The van der Waals surface area contributed by atoms with Crippen molar-refractivity contribution >= 4 is 21.4 Å². The van der Waals surface area contributed by atoms with E-state index in [1.807, 2.05) is 24.3 Å². The Bertz CT molecular complexity index is 716. The third kappa shape index (κ3) is 6.52. The van der Waals surface area contributed by atoms with Crippen LogP contribution < -0.4 is 15.4 Å². The van der Waals surface area contributed by atoms with Crippen LogP contribution in [0.3, 0.4) is 0 Å². The van der Waals surface area contributed by atoms with Gasteiger partial charge < -0.3 is 15.4 Å². The average Bonchev–Trinajstić information content (AvgIpc) is 2.48. The summed E-state index contributed by atoms with van der Waals surface area (Å²) < 4.78 is 28.6. The predicted molar refractivity (Wildman–Crippen MR) is 106 cm³/mol. The zero-order chi connectivity index (χ0) is 20.2. The van der Waals surface area contributed by atoms with Crippen LogP contribution in [-0.4, -0.2) is 44.5 Å². The molecule has 26 heavy (non-hydrogen) atoms. The van der Waals surface area contributed by atoms with Crippen LogP contribution in [0.25, 0.3) is 0 Å². The first-order valence-electron chi connectivity index (χ1n) is 8.66. The molecule has 0 saturated carbocycles. The molecule has 1 amide bonds. The van der Waals surface area contributed by atoms with Gasteiger partial charge in [0.25, 0.3) is 0 Å². The van der Waals surface area contributed by atoms with E-state index in [0.29, 0.717) is 6.54 Å². The molecule has 6 nitrogen and oxygen atoms in total. The van der Waals surface area contributed by atoms with Gasteiger partial charge in [0.2, 0.25) is 5.91 Å². The average molecular weight is 385 g/mol. The van der Waals surface area contributed by atoms with Crippen molar-refractivity contribution in [1.29, 1.82) is 0 Å². The fourth-order valence-corrected chi connectivity index (χ4v) is 3.02. The molecule has 2 N–H and O–H groups in total. The van der Waals surface area contributed by atoms with Crippen molar-refractivity contribution in [1.82, 2.24) is 5.32 Å². The third-order valence-electron chi connectivity index (χ3n) is 4.21. The van der Waals surface area contributed by atoms with Gasteiger partial charge in [0.05, 0.1) is 11.9 Å². The number of nitrogens with one attached hydrogen (secondary N) is 2. The highest BCUT2D eigenvalue weighted by atomic mass is 32.2. The quantitative estimate of drug-likeness (QED) is 0.755. The minimum absolute atomic E-state index is 0.0871. The maximum Gasteiger partial charge on any atom is 0.235 e. The van der Waals surface area contributed by atoms with Gasteiger partial charge in [-0.1, -0.05) is 26.8 Å². The number of ether oxygens (including phenoxy) is 1. The van der Waals surface area contributed by atoms with E-state index in [0.717, 1.165) is 11.4 Å². The molecule has 0 saturated heterocycles. The number of sulfone groups is 1. The number of amides is 1. The fourth-order valence-electron chi connectivity index (χ4n) is 2.14. The molecule has 1 unspecified atom stereocenters. The highest BCUT2D eigenvalue weighted by Gasteiger charge is 2.32. The van der Waals surface area contributed by atoms with Crippen molar-refractivity contribution < 1.29 is 17.9 Å². The Morgan fingerprint density at radius 3 is 2.27 bits per heavy atom. The summed E-state index contributed by atoms with van der Waals surface area (Å²) >= 11 is 0. The lowest BCUT2D eigenvalue weighted by Gasteiger charge is -2.32. The van der Waals surface area contributed by atoms with Gasteiger partial charge in [-0.25, -0.2) is 8.42 Å². The Morgan fingerprint density at radius 1 is 1.15 bits per heavy atom. The molecule has 0 spiro atoms. The minimum Gasteiger partial charge on any atom is -0.497 e. The van der Waals surface area contributed by atoms with Gasteiger partial charge in [0.1, 0.15) is 11.5 Å². The van der Waals surface area contributed by atoms with E-state index < -0.39 is 26.2 Å². The zero-order valence-corrected chi connectivity index (χ0v) is 17.7. The Hall–Kier alpha value is -1.76.